The van der Waals surface area contributed by atoms with Crippen LogP contribution in [0.4, 0.5) is 0 Å². The van der Waals surface area contributed by atoms with Crippen LogP contribution in [-0.2, 0) is 21.9 Å². The third kappa shape index (κ3) is 3.57. The molecule has 0 bridgehead atoms. The van der Waals surface area contributed by atoms with Crippen molar-refractivity contribution in [3.05, 3.63) is 48.3 Å². The van der Waals surface area contributed by atoms with E-state index in [2.05, 4.69) is 26.0 Å². The number of hydrogen-bond donors (Lipinski definition) is 0. The first-order valence-corrected chi connectivity index (χ1v) is 10.7. The van der Waals surface area contributed by atoms with Gasteiger partial charge in [-0.25, -0.2) is 18.4 Å². The second-order valence-corrected chi connectivity index (χ2v) is 9.58. The first-order chi connectivity index (χ1) is 12.4. The van der Waals surface area contributed by atoms with Crippen LogP contribution in [0.2, 0.25) is 0 Å². The fraction of sp³-hybridized carbons (Fsp3) is 0.500. The van der Waals surface area contributed by atoms with Crippen LogP contribution in [0.15, 0.2) is 36.9 Å². The van der Waals surface area contributed by atoms with Gasteiger partial charge in [-0.2, -0.15) is 5.10 Å². The minimum atomic E-state index is -2.95. The predicted molar refractivity (Wildman–Crippen MR) is 99.0 cm³/mol. The lowest BCUT2D eigenvalue weighted by molar-refractivity contribution is 0.286. The minimum Gasteiger partial charge on any atom is -0.292 e. The summed E-state index contributed by atoms with van der Waals surface area (Å²) in [5, 5.41) is 4.48. The molecule has 8 heteroatoms. The molecular weight excluding hydrogens is 350 g/mol. The predicted octanol–water partition coefficient (Wildman–Crippen LogP) is 1.50. The summed E-state index contributed by atoms with van der Waals surface area (Å²) in [6, 6.07) is 1.82. The van der Waals surface area contributed by atoms with E-state index < -0.39 is 15.4 Å². The van der Waals surface area contributed by atoms with E-state index in [4.69, 9.17) is 0 Å². The molecule has 0 N–H and O–H groups in total. The quantitative estimate of drug-likeness (QED) is 0.808. The Bertz CT molecular complexity index is 922. The van der Waals surface area contributed by atoms with Crippen LogP contribution in [0, 0.1) is 0 Å². The maximum atomic E-state index is 11.8. The molecule has 1 fully saturated rings. The highest BCUT2D eigenvalue weighted by Crippen LogP contribution is 2.31. The molecule has 0 aliphatic carbocycles. The number of rotatable bonds is 4. The van der Waals surface area contributed by atoms with Crippen molar-refractivity contribution in [2.24, 2.45) is 0 Å². The molecule has 26 heavy (non-hydrogen) atoms. The van der Waals surface area contributed by atoms with Crippen LogP contribution >= 0.6 is 0 Å². The van der Waals surface area contributed by atoms with Gasteiger partial charge >= 0.3 is 0 Å². The molecule has 2 aromatic heterocycles. The van der Waals surface area contributed by atoms with Gasteiger partial charge in [0.25, 0.3) is 0 Å². The molecule has 2 aliphatic heterocycles. The van der Waals surface area contributed by atoms with E-state index in [0.717, 1.165) is 37.4 Å². The van der Waals surface area contributed by atoms with Gasteiger partial charge in [-0.05, 0) is 31.4 Å². The van der Waals surface area contributed by atoms with Gasteiger partial charge < -0.3 is 0 Å². The highest BCUT2D eigenvalue weighted by atomic mass is 32.2. The van der Waals surface area contributed by atoms with Gasteiger partial charge in [-0.1, -0.05) is 6.08 Å². The lowest BCUT2D eigenvalue weighted by Gasteiger charge is -2.25. The third-order valence-electron chi connectivity index (χ3n) is 5.27. The van der Waals surface area contributed by atoms with E-state index in [1.165, 1.54) is 5.57 Å². The van der Waals surface area contributed by atoms with Gasteiger partial charge in [0, 0.05) is 37.2 Å². The molecule has 1 saturated heterocycles. The standard InChI is InChI=1S/C18H23N5O2S/c1-18(5-10-26(24,25)14-18)23-12-16(11-21-23)15-3-8-22(9-4-15)13-17-19-6-2-7-20-17/h2-3,6-7,11-12H,4-5,8-10,13-14H2,1H3/t18-/m0/s1. The minimum absolute atomic E-state index is 0.172. The highest BCUT2D eigenvalue weighted by Gasteiger charge is 2.40. The Morgan fingerprint density at radius 3 is 2.73 bits per heavy atom. The highest BCUT2D eigenvalue weighted by molar-refractivity contribution is 7.91. The van der Waals surface area contributed by atoms with Crippen molar-refractivity contribution in [2.75, 3.05) is 24.6 Å². The van der Waals surface area contributed by atoms with E-state index in [1.54, 1.807) is 12.4 Å². The molecular formula is C18H23N5O2S. The van der Waals surface area contributed by atoms with Gasteiger partial charge in [0.05, 0.1) is 29.8 Å². The Morgan fingerprint density at radius 1 is 1.27 bits per heavy atom. The molecule has 0 amide bonds. The average Bonchev–Trinajstić information content (AvgIpc) is 3.22. The summed E-state index contributed by atoms with van der Waals surface area (Å²) in [6.45, 7) is 4.52. The normalized spacial score (nSPS) is 26.0. The second-order valence-electron chi connectivity index (χ2n) is 7.39. The van der Waals surface area contributed by atoms with Crippen molar-refractivity contribution in [3.8, 4) is 0 Å². The van der Waals surface area contributed by atoms with Crippen LogP contribution in [0.5, 0.6) is 0 Å². The van der Waals surface area contributed by atoms with Crippen molar-refractivity contribution in [1.82, 2.24) is 24.6 Å². The SMILES string of the molecule is C[C@]1(n2cc(C3=CCN(Cc4ncccn4)CC3)cn2)CCS(=O)(=O)C1. The van der Waals surface area contributed by atoms with Crippen molar-refractivity contribution in [3.63, 3.8) is 0 Å². The first kappa shape index (κ1) is 17.4. The summed E-state index contributed by atoms with van der Waals surface area (Å²) in [5.41, 5.74) is 1.93. The summed E-state index contributed by atoms with van der Waals surface area (Å²) < 4.78 is 25.5. The van der Waals surface area contributed by atoms with Gasteiger partial charge in [-0.3, -0.25) is 9.58 Å². The van der Waals surface area contributed by atoms with Crippen LogP contribution < -0.4 is 0 Å². The van der Waals surface area contributed by atoms with Crippen molar-refractivity contribution >= 4 is 15.4 Å². The molecule has 4 heterocycles. The number of sulfone groups is 1. The van der Waals surface area contributed by atoms with Crippen LogP contribution in [0.3, 0.4) is 0 Å². The monoisotopic (exact) mass is 373 g/mol. The fourth-order valence-corrected chi connectivity index (χ4v) is 5.81. The first-order valence-electron chi connectivity index (χ1n) is 8.87. The molecule has 2 aromatic rings. The molecule has 0 saturated carbocycles. The third-order valence-corrected chi connectivity index (χ3v) is 7.15. The van der Waals surface area contributed by atoms with Crippen LogP contribution in [0.1, 0.15) is 31.2 Å². The lowest BCUT2D eigenvalue weighted by Crippen LogP contribution is -2.31. The average molecular weight is 373 g/mol. The van der Waals surface area contributed by atoms with Gasteiger partial charge in [-0.15, -0.1) is 0 Å². The topological polar surface area (TPSA) is 81.0 Å². The Labute approximate surface area is 153 Å². The van der Waals surface area contributed by atoms with E-state index in [9.17, 15) is 8.42 Å². The summed E-state index contributed by atoms with van der Waals surface area (Å²) in [4.78, 5) is 10.9. The number of hydrogen-bond acceptors (Lipinski definition) is 6. The smallest absolute Gasteiger partial charge is 0.152 e. The molecule has 0 spiro atoms. The van der Waals surface area contributed by atoms with E-state index in [0.29, 0.717) is 6.42 Å². The number of nitrogens with zero attached hydrogens (tertiary/aromatic N) is 5. The Morgan fingerprint density at radius 2 is 2.08 bits per heavy atom. The largest absolute Gasteiger partial charge is 0.292 e. The molecule has 1 atom stereocenters. The second kappa shape index (κ2) is 6.59. The van der Waals surface area contributed by atoms with Crippen molar-refractivity contribution in [1.29, 1.82) is 0 Å². The van der Waals surface area contributed by atoms with Crippen molar-refractivity contribution < 1.29 is 8.42 Å². The fourth-order valence-electron chi connectivity index (χ4n) is 3.69. The van der Waals surface area contributed by atoms with Crippen LogP contribution in [-0.4, -0.2) is 57.7 Å². The Kier molecular flexibility index (Phi) is 4.40. The van der Waals surface area contributed by atoms with Crippen molar-refractivity contribution in [2.45, 2.75) is 31.8 Å². The Hall–Kier alpha value is -2.06. The lowest BCUT2D eigenvalue weighted by atomic mass is 10.0. The molecule has 0 radical (unpaired) electrons. The maximum Gasteiger partial charge on any atom is 0.152 e. The summed E-state index contributed by atoms with van der Waals surface area (Å²) in [6.07, 6.45) is 11.2. The van der Waals surface area contributed by atoms with Crippen LogP contribution in [0.25, 0.3) is 5.57 Å². The van der Waals surface area contributed by atoms with E-state index in [-0.39, 0.29) is 11.5 Å². The van der Waals surface area contributed by atoms with Gasteiger partial charge in [0.15, 0.2) is 9.84 Å². The molecule has 0 unspecified atom stereocenters. The van der Waals surface area contributed by atoms with Gasteiger partial charge in [0.1, 0.15) is 5.82 Å². The van der Waals surface area contributed by atoms with E-state index in [1.807, 2.05) is 30.1 Å². The molecule has 7 nitrogen and oxygen atoms in total. The summed E-state index contributed by atoms with van der Waals surface area (Å²) in [7, 11) is -2.95. The number of aromatic nitrogens is 4. The van der Waals surface area contributed by atoms with Gasteiger partial charge in [0.2, 0.25) is 0 Å². The zero-order chi connectivity index (χ0) is 18.2. The Balaban J connectivity index is 1.44. The maximum absolute atomic E-state index is 11.8. The zero-order valence-corrected chi connectivity index (χ0v) is 15.7. The molecule has 0 aromatic carbocycles. The summed E-state index contributed by atoms with van der Waals surface area (Å²) in [5.74, 6) is 1.26. The molecule has 4 rings (SSSR count). The zero-order valence-electron chi connectivity index (χ0n) is 14.9. The molecule has 138 valence electrons. The summed E-state index contributed by atoms with van der Waals surface area (Å²) >= 11 is 0. The molecule has 2 aliphatic rings. The van der Waals surface area contributed by atoms with E-state index >= 15 is 0 Å².